The van der Waals surface area contributed by atoms with Gasteiger partial charge in [-0.1, -0.05) is 45.0 Å². The number of aliphatic hydroxyl groups is 1. The fourth-order valence-corrected chi connectivity index (χ4v) is 2.36. The predicted octanol–water partition coefficient (Wildman–Crippen LogP) is 4.19. The zero-order valence-corrected chi connectivity index (χ0v) is 14.0. The zero-order chi connectivity index (χ0) is 15.4. The number of hydrogen-bond donors (Lipinski definition) is 2. The van der Waals surface area contributed by atoms with Crippen molar-refractivity contribution in [3.8, 4) is 0 Å². The highest BCUT2D eigenvalue weighted by Gasteiger charge is 2.19. The maximum Gasteiger partial charge on any atom is 0.0431 e. The summed E-state index contributed by atoms with van der Waals surface area (Å²) in [5.74, 6) is 0. The van der Waals surface area contributed by atoms with Crippen LogP contribution in [0.5, 0.6) is 0 Å². The molecule has 0 radical (unpaired) electrons. The van der Waals surface area contributed by atoms with Crippen molar-refractivity contribution in [2.24, 2.45) is 0 Å². The fraction of sp³-hybridized carbons (Fsp3) is 0.667. The van der Waals surface area contributed by atoms with Crippen molar-refractivity contribution in [1.29, 1.82) is 0 Å². The molecule has 1 aromatic rings. The second-order valence-electron chi connectivity index (χ2n) is 7.68. The molecule has 2 heteroatoms. The lowest BCUT2D eigenvalue weighted by Gasteiger charge is -2.29. The first-order chi connectivity index (χ1) is 9.13. The molecule has 0 amide bonds. The third-order valence-electron chi connectivity index (χ3n) is 3.44. The van der Waals surface area contributed by atoms with E-state index in [0.717, 1.165) is 12.8 Å². The number of rotatable bonds is 5. The van der Waals surface area contributed by atoms with Crippen molar-refractivity contribution in [2.45, 2.75) is 71.4 Å². The van der Waals surface area contributed by atoms with Crippen LogP contribution in [0, 0.1) is 0 Å². The van der Waals surface area contributed by atoms with Gasteiger partial charge in [-0.25, -0.2) is 0 Å². The molecule has 0 heterocycles. The number of aliphatic hydroxyl groups excluding tert-OH is 1. The molecule has 0 saturated heterocycles. The standard InChI is InChI=1S/C18H31NO/c1-17(2,3)15-11-9-14(10-12-15)16(8-7-13-20)19-18(4,5)6/h9-12,16,19-20H,7-8,13H2,1-6H3/t16-/m1/s1. The fourth-order valence-electron chi connectivity index (χ4n) is 2.36. The summed E-state index contributed by atoms with van der Waals surface area (Å²) in [6, 6.07) is 9.20. The third-order valence-corrected chi connectivity index (χ3v) is 3.44. The molecular formula is C18H31NO. The highest BCUT2D eigenvalue weighted by atomic mass is 16.2. The Morgan fingerprint density at radius 2 is 1.55 bits per heavy atom. The normalized spacial score (nSPS) is 14.3. The Labute approximate surface area is 124 Å². The van der Waals surface area contributed by atoms with E-state index in [1.165, 1.54) is 11.1 Å². The lowest BCUT2D eigenvalue weighted by atomic mass is 9.86. The van der Waals surface area contributed by atoms with Gasteiger partial charge in [-0.05, 0) is 50.2 Å². The molecule has 2 N–H and O–H groups in total. The first kappa shape index (κ1) is 17.2. The van der Waals surface area contributed by atoms with Crippen molar-refractivity contribution in [3.05, 3.63) is 35.4 Å². The van der Waals surface area contributed by atoms with Gasteiger partial charge in [0, 0.05) is 18.2 Å². The molecule has 0 spiro atoms. The van der Waals surface area contributed by atoms with Gasteiger partial charge in [-0.3, -0.25) is 0 Å². The van der Waals surface area contributed by atoms with Crippen LogP contribution in [0.1, 0.15) is 71.6 Å². The van der Waals surface area contributed by atoms with Gasteiger partial charge < -0.3 is 10.4 Å². The van der Waals surface area contributed by atoms with Gasteiger partial charge in [0.15, 0.2) is 0 Å². The predicted molar refractivity (Wildman–Crippen MR) is 87.1 cm³/mol. The quantitative estimate of drug-likeness (QED) is 0.846. The van der Waals surface area contributed by atoms with Crippen LogP contribution >= 0.6 is 0 Å². The minimum atomic E-state index is 0.0722. The first-order valence-electron chi connectivity index (χ1n) is 7.62. The monoisotopic (exact) mass is 277 g/mol. The van der Waals surface area contributed by atoms with E-state index in [9.17, 15) is 0 Å². The first-order valence-corrected chi connectivity index (χ1v) is 7.62. The Morgan fingerprint density at radius 3 is 1.95 bits per heavy atom. The zero-order valence-electron chi connectivity index (χ0n) is 14.0. The Morgan fingerprint density at radius 1 is 1.00 bits per heavy atom. The lowest BCUT2D eigenvalue weighted by molar-refractivity contribution is 0.264. The van der Waals surface area contributed by atoms with Gasteiger partial charge in [-0.15, -0.1) is 0 Å². The summed E-state index contributed by atoms with van der Waals surface area (Å²) in [4.78, 5) is 0. The molecule has 0 aliphatic heterocycles. The number of benzene rings is 1. The van der Waals surface area contributed by atoms with Crippen LogP contribution in [-0.4, -0.2) is 17.3 Å². The maximum absolute atomic E-state index is 9.08. The number of nitrogens with one attached hydrogen (secondary N) is 1. The third kappa shape index (κ3) is 5.64. The molecule has 0 aliphatic rings. The largest absolute Gasteiger partial charge is 0.396 e. The Bertz CT molecular complexity index is 395. The van der Waals surface area contributed by atoms with Gasteiger partial charge in [0.05, 0.1) is 0 Å². The second kappa shape index (κ2) is 6.73. The molecule has 1 atom stereocenters. The molecule has 0 fully saturated rings. The Kier molecular flexibility index (Phi) is 5.79. The summed E-state index contributed by atoms with van der Waals surface area (Å²) < 4.78 is 0. The van der Waals surface area contributed by atoms with E-state index in [0.29, 0.717) is 6.04 Å². The minimum absolute atomic E-state index is 0.0722. The minimum Gasteiger partial charge on any atom is -0.396 e. The average Bonchev–Trinajstić information content (AvgIpc) is 2.32. The van der Waals surface area contributed by atoms with Crippen LogP contribution in [0.15, 0.2) is 24.3 Å². The summed E-state index contributed by atoms with van der Waals surface area (Å²) in [6.07, 6.45) is 1.79. The molecule has 0 unspecified atom stereocenters. The van der Waals surface area contributed by atoms with E-state index in [4.69, 9.17) is 5.11 Å². The topological polar surface area (TPSA) is 32.3 Å². The molecule has 20 heavy (non-hydrogen) atoms. The van der Waals surface area contributed by atoms with E-state index in [2.05, 4.69) is 71.1 Å². The van der Waals surface area contributed by atoms with Crippen LogP contribution in [0.2, 0.25) is 0 Å². The molecule has 0 aromatic heterocycles. The SMILES string of the molecule is CC(C)(C)N[C@H](CCCO)c1ccc(C(C)(C)C)cc1. The van der Waals surface area contributed by atoms with E-state index in [1.807, 2.05) is 0 Å². The van der Waals surface area contributed by atoms with Crippen LogP contribution in [0.3, 0.4) is 0 Å². The second-order valence-corrected chi connectivity index (χ2v) is 7.68. The summed E-state index contributed by atoms with van der Waals surface area (Å²) in [6.45, 7) is 13.5. The van der Waals surface area contributed by atoms with Gasteiger partial charge in [0.25, 0.3) is 0 Å². The van der Waals surface area contributed by atoms with Crippen molar-refractivity contribution in [2.75, 3.05) is 6.61 Å². The van der Waals surface area contributed by atoms with Crippen LogP contribution in [0.4, 0.5) is 0 Å². The highest BCUT2D eigenvalue weighted by molar-refractivity contribution is 5.29. The van der Waals surface area contributed by atoms with Gasteiger partial charge in [0.1, 0.15) is 0 Å². The van der Waals surface area contributed by atoms with E-state index < -0.39 is 0 Å². The van der Waals surface area contributed by atoms with Crippen molar-refractivity contribution in [3.63, 3.8) is 0 Å². The van der Waals surface area contributed by atoms with Gasteiger partial charge >= 0.3 is 0 Å². The summed E-state index contributed by atoms with van der Waals surface area (Å²) in [5, 5.41) is 12.7. The molecule has 114 valence electrons. The average molecular weight is 277 g/mol. The number of hydrogen-bond acceptors (Lipinski definition) is 2. The molecule has 1 rings (SSSR count). The summed E-state index contributed by atoms with van der Waals surface area (Å²) in [7, 11) is 0. The molecule has 0 saturated carbocycles. The molecule has 1 aromatic carbocycles. The molecule has 2 nitrogen and oxygen atoms in total. The van der Waals surface area contributed by atoms with Crippen molar-refractivity contribution in [1.82, 2.24) is 5.32 Å². The highest BCUT2D eigenvalue weighted by Crippen LogP contribution is 2.26. The summed E-state index contributed by atoms with van der Waals surface area (Å²) >= 11 is 0. The lowest BCUT2D eigenvalue weighted by Crippen LogP contribution is -2.39. The van der Waals surface area contributed by atoms with E-state index in [1.54, 1.807) is 0 Å². The molecule has 0 bridgehead atoms. The van der Waals surface area contributed by atoms with Gasteiger partial charge in [-0.2, -0.15) is 0 Å². The van der Waals surface area contributed by atoms with Crippen molar-refractivity contribution >= 4 is 0 Å². The Balaban J connectivity index is 2.90. The maximum atomic E-state index is 9.08. The molecular weight excluding hydrogens is 246 g/mol. The van der Waals surface area contributed by atoms with Crippen LogP contribution in [0.25, 0.3) is 0 Å². The smallest absolute Gasteiger partial charge is 0.0431 e. The molecule has 0 aliphatic carbocycles. The summed E-state index contributed by atoms with van der Waals surface area (Å²) in [5.41, 5.74) is 2.93. The van der Waals surface area contributed by atoms with Crippen LogP contribution in [-0.2, 0) is 5.41 Å². The Hall–Kier alpha value is -0.860. The van der Waals surface area contributed by atoms with Gasteiger partial charge in [0.2, 0.25) is 0 Å². The van der Waals surface area contributed by atoms with E-state index >= 15 is 0 Å². The van der Waals surface area contributed by atoms with E-state index in [-0.39, 0.29) is 17.6 Å². The van der Waals surface area contributed by atoms with Crippen molar-refractivity contribution < 1.29 is 5.11 Å². The van der Waals surface area contributed by atoms with Crippen LogP contribution < -0.4 is 5.32 Å².